The molecule has 0 saturated heterocycles. The van der Waals surface area contributed by atoms with E-state index in [9.17, 15) is 5.11 Å². The van der Waals surface area contributed by atoms with Crippen LogP contribution in [0.4, 0.5) is 5.69 Å². The molecule has 0 bridgehead atoms. The summed E-state index contributed by atoms with van der Waals surface area (Å²) in [6.45, 7) is 1.69. The molecular formula is C15H18N2O2. The van der Waals surface area contributed by atoms with Gasteiger partial charge in [-0.2, -0.15) is 0 Å². The van der Waals surface area contributed by atoms with E-state index in [1.807, 2.05) is 49.3 Å². The maximum absolute atomic E-state index is 9.70. The van der Waals surface area contributed by atoms with Crippen LogP contribution in [0.25, 0.3) is 0 Å². The number of anilines is 1. The first-order valence-corrected chi connectivity index (χ1v) is 6.16. The zero-order valence-corrected chi connectivity index (χ0v) is 11.4. The van der Waals surface area contributed by atoms with Crippen molar-refractivity contribution in [3.63, 3.8) is 0 Å². The van der Waals surface area contributed by atoms with Crippen molar-refractivity contribution in [2.75, 3.05) is 19.0 Å². The van der Waals surface area contributed by atoms with Crippen molar-refractivity contribution in [2.45, 2.75) is 13.0 Å². The summed E-state index contributed by atoms with van der Waals surface area (Å²) in [6.07, 6.45) is 1.04. The first kappa shape index (κ1) is 13.4. The molecule has 0 unspecified atom stereocenters. The molecule has 1 atom stereocenters. The van der Waals surface area contributed by atoms with Crippen LogP contribution in [0.3, 0.4) is 0 Å². The number of pyridine rings is 1. The summed E-state index contributed by atoms with van der Waals surface area (Å²) in [6, 6.07) is 11.3. The predicted molar refractivity (Wildman–Crippen MR) is 75.7 cm³/mol. The van der Waals surface area contributed by atoms with Crippen LogP contribution in [-0.2, 0) is 0 Å². The Bertz CT molecular complexity index is 553. The van der Waals surface area contributed by atoms with Gasteiger partial charge in [0.05, 0.1) is 6.10 Å². The molecule has 0 saturated carbocycles. The van der Waals surface area contributed by atoms with Crippen LogP contribution in [-0.4, -0.2) is 24.2 Å². The van der Waals surface area contributed by atoms with Gasteiger partial charge in [0.25, 0.3) is 0 Å². The van der Waals surface area contributed by atoms with Crippen molar-refractivity contribution in [1.29, 1.82) is 0 Å². The number of aliphatic hydroxyl groups excluding tert-OH is 1. The number of rotatable bonds is 4. The van der Waals surface area contributed by atoms with Gasteiger partial charge in [0, 0.05) is 37.6 Å². The van der Waals surface area contributed by atoms with Crippen LogP contribution >= 0.6 is 0 Å². The molecule has 100 valence electrons. The van der Waals surface area contributed by atoms with Gasteiger partial charge in [-0.3, -0.25) is 0 Å². The third-order valence-corrected chi connectivity index (χ3v) is 2.80. The summed E-state index contributed by atoms with van der Waals surface area (Å²) in [5.41, 5.74) is 1.73. The molecule has 1 N–H and O–H groups in total. The van der Waals surface area contributed by atoms with Crippen molar-refractivity contribution in [1.82, 2.24) is 4.98 Å². The fraction of sp³-hybridized carbons (Fsp3) is 0.267. The minimum Gasteiger partial charge on any atom is -0.439 e. The molecule has 2 rings (SSSR count). The molecule has 2 aromatic rings. The van der Waals surface area contributed by atoms with E-state index in [2.05, 4.69) is 4.98 Å². The quantitative estimate of drug-likeness (QED) is 0.915. The van der Waals surface area contributed by atoms with E-state index in [0.29, 0.717) is 17.2 Å². The van der Waals surface area contributed by atoms with E-state index in [1.54, 1.807) is 19.2 Å². The van der Waals surface area contributed by atoms with E-state index in [4.69, 9.17) is 4.74 Å². The van der Waals surface area contributed by atoms with E-state index in [0.717, 1.165) is 5.69 Å². The maximum atomic E-state index is 9.70. The van der Waals surface area contributed by atoms with Crippen molar-refractivity contribution < 1.29 is 9.84 Å². The second-order valence-corrected chi connectivity index (χ2v) is 4.57. The molecule has 0 fully saturated rings. The molecule has 0 aliphatic carbocycles. The summed E-state index contributed by atoms with van der Waals surface area (Å²) >= 11 is 0. The monoisotopic (exact) mass is 258 g/mol. The van der Waals surface area contributed by atoms with E-state index in [1.165, 1.54) is 0 Å². The smallest absolute Gasteiger partial charge is 0.225 e. The highest BCUT2D eigenvalue weighted by molar-refractivity contribution is 5.50. The molecule has 1 heterocycles. The van der Waals surface area contributed by atoms with Crippen molar-refractivity contribution in [2.24, 2.45) is 0 Å². The highest BCUT2D eigenvalue weighted by Gasteiger charge is 2.11. The maximum Gasteiger partial charge on any atom is 0.225 e. The molecule has 0 aliphatic heterocycles. The number of aliphatic hydroxyl groups is 1. The molecule has 0 spiro atoms. The second kappa shape index (κ2) is 5.71. The van der Waals surface area contributed by atoms with Crippen LogP contribution in [0.1, 0.15) is 18.6 Å². The Kier molecular flexibility index (Phi) is 4.02. The van der Waals surface area contributed by atoms with Gasteiger partial charge >= 0.3 is 0 Å². The SMILES string of the molecule is C[C@@H](O)c1cccnc1Oc1cccc(N(C)C)c1. The van der Waals surface area contributed by atoms with Crippen molar-refractivity contribution in [3.8, 4) is 11.6 Å². The largest absolute Gasteiger partial charge is 0.439 e. The van der Waals surface area contributed by atoms with Crippen LogP contribution < -0.4 is 9.64 Å². The Hall–Kier alpha value is -2.07. The predicted octanol–water partition coefficient (Wildman–Crippen LogP) is 2.99. The van der Waals surface area contributed by atoms with Crippen LogP contribution in [0.5, 0.6) is 11.6 Å². The minimum atomic E-state index is -0.610. The molecular weight excluding hydrogens is 240 g/mol. The summed E-state index contributed by atoms with van der Waals surface area (Å²) in [5.74, 6) is 1.14. The van der Waals surface area contributed by atoms with Gasteiger partial charge in [0.2, 0.25) is 5.88 Å². The topological polar surface area (TPSA) is 45.6 Å². The Morgan fingerprint density at radius 2 is 2.00 bits per heavy atom. The zero-order valence-electron chi connectivity index (χ0n) is 11.4. The molecule has 1 aromatic heterocycles. The minimum absolute atomic E-state index is 0.438. The fourth-order valence-electron chi connectivity index (χ4n) is 1.74. The van der Waals surface area contributed by atoms with Crippen molar-refractivity contribution >= 4 is 5.69 Å². The van der Waals surface area contributed by atoms with Gasteiger partial charge in [0.15, 0.2) is 0 Å². The summed E-state index contributed by atoms with van der Waals surface area (Å²) in [5, 5.41) is 9.70. The van der Waals surface area contributed by atoms with Crippen LogP contribution in [0.15, 0.2) is 42.6 Å². The summed E-state index contributed by atoms with van der Waals surface area (Å²) in [4.78, 5) is 6.17. The average molecular weight is 258 g/mol. The number of ether oxygens (including phenoxy) is 1. The van der Waals surface area contributed by atoms with Gasteiger partial charge in [-0.25, -0.2) is 4.98 Å². The summed E-state index contributed by atoms with van der Waals surface area (Å²) in [7, 11) is 3.95. The van der Waals surface area contributed by atoms with Crippen molar-refractivity contribution in [3.05, 3.63) is 48.2 Å². The lowest BCUT2D eigenvalue weighted by molar-refractivity contribution is 0.194. The lowest BCUT2D eigenvalue weighted by Gasteiger charge is -2.15. The molecule has 4 nitrogen and oxygen atoms in total. The Balaban J connectivity index is 2.29. The third-order valence-electron chi connectivity index (χ3n) is 2.80. The fourth-order valence-corrected chi connectivity index (χ4v) is 1.74. The van der Waals surface area contributed by atoms with Gasteiger partial charge < -0.3 is 14.7 Å². The number of hydrogen-bond donors (Lipinski definition) is 1. The highest BCUT2D eigenvalue weighted by Crippen LogP contribution is 2.28. The molecule has 1 aromatic carbocycles. The van der Waals surface area contributed by atoms with Crippen LogP contribution in [0.2, 0.25) is 0 Å². The number of hydrogen-bond acceptors (Lipinski definition) is 4. The third kappa shape index (κ3) is 3.23. The van der Waals surface area contributed by atoms with Gasteiger partial charge in [0.1, 0.15) is 5.75 Å². The normalized spacial score (nSPS) is 12.0. The van der Waals surface area contributed by atoms with Gasteiger partial charge in [-0.05, 0) is 31.2 Å². The first-order chi connectivity index (χ1) is 9.08. The van der Waals surface area contributed by atoms with E-state index in [-0.39, 0.29) is 0 Å². The number of nitrogens with zero attached hydrogens (tertiary/aromatic N) is 2. The Morgan fingerprint density at radius 1 is 1.21 bits per heavy atom. The lowest BCUT2D eigenvalue weighted by atomic mass is 10.2. The van der Waals surface area contributed by atoms with Gasteiger partial charge in [-0.15, -0.1) is 0 Å². The van der Waals surface area contributed by atoms with E-state index < -0.39 is 6.10 Å². The van der Waals surface area contributed by atoms with Crippen LogP contribution in [0, 0.1) is 0 Å². The zero-order chi connectivity index (χ0) is 13.8. The molecule has 4 heteroatoms. The number of benzene rings is 1. The second-order valence-electron chi connectivity index (χ2n) is 4.57. The first-order valence-electron chi connectivity index (χ1n) is 6.16. The molecule has 0 radical (unpaired) electrons. The van der Waals surface area contributed by atoms with E-state index >= 15 is 0 Å². The Morgan fingerprint density at radius 3 is 2.68 bits per heavy atom. The molecule has 0 aliphatic rings. The Labute approximate surface area is 113 Å². The number of aromatic nitrogens is 1. The highest BCUT2D eigenvalue weighted by atomic mass is 16.5. The van der Waals surface area contributed by atoms with Gasteiger partial charge in [-0.1, -0.05) is 6.07 Å². The standard InChI is InChI=1S/C15H18N2O2/c1-11(18)14-8-5-9-16-15(14)19-13-7-4-6-12(10-13)17(2)3/h4-11,18H,1-3H3/t11-/m1/s1. The summed E-state index contributed by atoms with van der Waals surface area (Å²) < 4.78 is 5.76. The molecule has 0 amide bonds. The average Bonchev–Trinajstić information content (AvgIpc) is 2.39. The molecule has 19 heavy (non-hydrogen) atoms. The lowest BCUT2D eigenvalue weighted by Crippen LogP contribution is -2.08.